The molecule has 2 aromatic carbocycles. The second-order valence-electron chi connectivity index (χ2n) is 7.20. The molecule has 1 aliphatic heterocycles. The van der Waals surface area contributed by atoms with E-state index in [1.165, 1.54) is 22.7 Å². The zero-order valence-electron chi connectivity index (χ0n) is 15.4. The fourth-order valence-corrected chi connectivity index (χ4v) is 4.11. The quantitative estimate of drug-likeness (QED) is 0.499. The smallest absolute Gasteiger partial charge is 0.142 e. The van der Waals surface area contributed by atoms with Crippen LogP contribution >= 0.6 is 23.2 Å². The first-order chi connectivity index (χ1) is 12.9. The highest BCUT2D eigenvalue weighted by molar-refractivity contribution is 6.31. The van der Waals surface area contributed by atoms with E-state index in [2.05, 4.69) is 34.8 Å². The number of halogens is 3. The number of allylic oxidation sites excluding steroid dienone is 1. The standard InChI is InChI=1S/C22H21Cl2FN2/c1-14(15-3-5-19(24)20(25)11-15)13-27-21-6-4-16(23)12-18(21)17-7-9-26(2)10-8-22(17)27/h3-6,11-13H,7-10H2,1-2H3/b14-13+. The van der Waals surface area contributed by atoms with Gasteiger partial charge in [0.25, 0.3) is 0 Å². The highest BCUT2D eigenvalue weighted by Crippen LogP contribution is 2.33. The Hall–Kier alpha value is -1.81. The third-order valence-electron chi connectivity index (χ3n) is 5.35. The molecule has 0 radical (unpaired) electrons. The molecule has 140 valence electrons. The Bertz CT molecular complexity index is 1050. The summed E-state index contributed by atoms with van der Waals surface area (Å²) in [5, 5.41) is 2.10. The van der Waals surface area contributed by atoms with E-state index in [9.17, 15) is 4.39 Å². The maximum Gasteiger partial charge on any atom is 0.142 e. The molecule has 2 heterocycles. The summed E-state index contributed by atoms with van der Waals surface area (Å²) in [6, 6.07) is 11.0. The molecule has 5 heteroatoms. The second-order valence-corrected chi connectivity index (χ2v) is 8.04. The SMILES string of the molecule is C/C(=C\n1c2c(c3cc(Cl)ccc31)CCN(C)CC2)c1ccc(Cl)c(F)c1. The summed E-state index contributed by atoms with van der Waals surface area (Å²) in [6.45, 7) is 4.04. The Balaban J connectivity index is 1.89. The number of nitrogens with zero attached hydrogens (tertiary/aromatic N) is 2. The summed E-state index contributed by atoms with van der Waals surface area (Å²) in [6.07, 6.45) is 4.07. The van der Waals surface area contributed by atoms with Gasteiger partial charge in [0.15, 0.2) is 0 Å². The Kier molecular flexibility index (Phi) is 5.02. The van der Waals surface area contributed by atoms with Gasteiger partial charge in [0, 0.05) is 41.8 Å². The van der Waals surface area contributed by atoms with Crippen LogP contribution in [-0.2, 0) is 12.8 Å². The highest BCUT2D eigenvalue weighted by atomic mass is 35.5. The van der Waals surface area contributed by atoms with Crippen molar-refractivity contribution in [3.63, 3.8) is 0 Å². The number of benzene rings is 2. The van der Waals surface area contributed by atoms with Gasteiger partial charge in [-0.2, -0.15) is 0 Å². The zero-order valence-corrected chi connectivity index (χ0v) is 16.9. The van der Waals surface area contributed by atoms with Crippen molar-refractivity contribution in [2.24, 2.45) is 0 Å². The van der Waals surface area contributed by atoms with Crippen molar-refractivity contribution in [1.29, 1.82) is 0 Å². The van der Waals surface area contributed by atoms with E-state index < -0.39 is 5.82 Å². The lowest BCUT2D eigenvalue weighted by Crippen LogP contribution is -2.21. The molecule has 0 saturated heterocycles. The highest BCUT2D eigenvalue weighted by Gasteiger charge is 2.20. The van der Waals surface area contributed by atoms with Crippen molar-refractivity contribution in [1.82, 2.24) is 9.47 Å². The van der Waals surface area contributed by atoms with Crippen LogP contribution < -0.4 is 0 Å². The summed E-state index contributed by atoms with van der Waals surface area (Å²) >= 11 is 12.1. The summed E-state index contributed by atoms with van der Waals surface area (Å²) in [5.74, 6) is -0.397. The number of likely N-dealkylation sites (N-methyl/N-ethyl adjacent to an activating group) is 1. The summed E-state index contributed by atoms with van der Waals surface area (Å²) < 4.78 is 16.2. The fourth-order valence-electron chi connectivity index (χ4n) is 3.82. The third-order valence-corrected chi connectivity index (χ3v) is 5.90. The monoisotopic (exact) mass is 402 g/mol. The Morgan fingerprint density at radius 2 is 1.85 bits per heavy atom. The first-order valence-electron chi connectivity index (χ1n) is 9.07. The van der Waals surface area contributed by atoms with Crippen LogP contribution in [0.2, 0.25) is 10.0 Å². The predicted octanol–water partition coefficient (Wildman–Crippen LogP) is 6.14. The molecule has 2 nitrogen and oxygen atoms in total. The van der Waals surface area contributed by atoms with E-state index in [1.54, 1.807) is 6.07 Å². The van der Waals surface area contributed by atoms with Crippen molar-refractivity contribution < 1.29 is 4.39 Å². The zero-order chi connectivity index (χ0) is 19.1. The minimum Gasteiger partial charge on any atom is -0.320 e. The van der Waals surface area contributed by atoms with Crippen LogP contribution in [-0.4, -0.2) is 29.6 Å². The molecule has 1 aliphatic rings. The maximum atomic E-state index is 13.9. The van der Waals surface area contributed by atoms with E-state index in [1.807, 2.05) is 19.1 Å². The van der Waals surface area contributed by atoms with Crippen molar-refractivity contribution >= 4 is 45.9 Å². The van der Waals surface area contributed by atoms with Gasteiger partial charge in [-0.1, -0.05) is 29.3 Å². The van der Waals surface area contributed by atoms with E-state index in [0.717, 1.165) is 47.6 Å². The summed E-state index contributed by atoms with van der Waals surface area (Å²) in [5.41, 5.74) is 5.63. The lowest BCUT2D eigenvalue weighted by molar-refractivity contribution is 0.351. The van der Waals surface area contributed by atoms with Gasteiger partial charge in [0.05, 0.1) is 10.5 Å². The number of aromatic nitrogens is 1. The Morgan fingerprint density at radius 3 is 2.63 bits per heavy atom. The Labute approximate surface area is 168 Å². The molecule has 27 heavy (non-hydrogen) atoms. The molecule has 0 saturated carbocycles. The van der Waals surface area contributed by atoms with Gasteiger partial charge in [0.2, 0.25) is 0 Å². The van der Waals surface area contributed by atoms with Crippen molar-refractivity contribution in [2.75, 3.05) is 20.1 Å². The molecule has 4 rings (SSSR count). The van der Waals surface area contributed by atoms with Gasteiger partial charge in [-0.05, 0) is 67.4 Å². The van der Waals surface area contributed by atoms with Crippen LogP contribution in [0.15, 0.2) is 36.4 Å². The number of fused-ring (bicyclic) bond motifs is 3. The lowest BCUT2D eigenvalue weighted by atomic mass is 10.1. The minimum absolute atomic E-state index is 0.143. The van der Waals surface area contributed by atoms with Crippen molar-refractivity contribution in [2.45, 2.75) is 19.8 Å². The molecule has 0 fully saturated rings. The largest absolute Gasteiger partial charge is 0.320 e. The van der Waals surface area contributed by atoms with E-state index in [-0.39, 0.29) is 5.02 Å². The normalized spacial score (nSPS) is 15.8. The average Bonchev–Trinajstić information content (AvgIpc) is 2.78. The lowest BCUT2D eigenvalue weighted by Gasteiger charge is -2.13. The van der Waals surface area contributed by atoms with Crippen molar-refractivity contribution in [3.8, 4) is 0 Å². The van der Waals surface area contributed by atoms with Gasteiger partial charge in [0.1, 0.15) is 5.82 Å². The topological polar surface area (TPSA) is 8.17 Å². The maximum absolute atomic E-state index is 13.9. The predicted molar refractivity (Wildman–Crippen MR) is 113 cm³/mol. The van der Waals surface area contributed by atoms with E-state index in [0.29, 0.717) is 0 Å². The van der Waals surface area contributed by atoms with Crippen LogP contribution in [0.5, 0.6) is 0 Å². The van der Waals surface area contributed by atoms with Crippen molar-refractivity contribution in [3.05, 3.63) is 69.1 Å². The fraction of sp³-hybridized carbons (Fsp3) is 0.273. The molecule has 0 atom stereocenters. The second kappa shape index (κ2) is 7.31. The molecule has 0 spiro atoms. The molecular formula is C22H21Cl2FN2. The van der Waals surface area contributed by atoms with Crippen LogP contribution in [0.3, 0.4) is 0 Å². The minimum atomic E-state index is -0.397. The Morgan fingerprint density at radius 1 is 1.07 bits per heavy atom. The summed E-state index contributed by atoms with van der Waals surface area (Å²) in [4.78, 5) is 2.35. The van der Waals surface area contributed by atoms with Crippen LogP contribution in [0.25, 0.3) is 22.7 Å². The molecule has 0 bridgehead atoms. The molecule has 0 amide bonds. The first-order valence-corrected chi connectivity index (χ1v) is 9.83. The van der Waals surface area contributed by atoms with Gasteiger partial charge in [-0.15, -0.1) is 0 Å². The molecule has 3 aromatic rings. The number of rotatable bonds is 2. The van der Waals surface area contributed by atoms with E-state index >= 15 is 0 Å². The first kappa shape index (κ1) is 18.5. The van der Waals surface area contributed by atoms with E-state index in [4.69, 9.17) is 23.2 Å². The van der Waals surface area contributed by atoms with Gasteiger partial charge in [-0.3, -0.25) is 0 Å². The summed E-state index contributed by atoms with van der Waals surface area (Å²) in [7, 11) is 2.16. The third kappa shape index (κ3) is 3.52. The van der Waals surface area contributed by atoms with Gasteiger partial charge in [-0.25, -0.2) is 4.39 Å². The molecule has 1 aromatic heterocycles. The molecule has 0 unspecified atom stereocenters. The van der Waals surface area contributed by atoms with Crippen LogP contribution in [0, 0.1) is 5.82 Å². The molecule has 0 aliphatic carbocycles. The van der Waals surface area contributed by atoms with Crippen LogP contribution in [0.4, 0.5) is 4.39 Å². The average molecular weight is 403 g/mol. The number of hydrogen-bond donors (Lipinski definition) is 0. The molecule has 0 N–H and O–H groups in total. The number of hydrogen-bond acceptors (Lipinski definition) is 1. The van der Waals surface area contributed by atoms with Gasteiger partial charge >= 0.3 is 0 Å². The van der Waals surface area contributed by atoms with Gasteiger partial charge < -0.3 is 9.47 Å². The van der Waals surface area contributed by atoms with Crippen LogP contribution in [0.1, 0.15) is 23.7 Å². The molecular weight excluding hydrogens is 382 g/mol.